The number of rotatable bonds is 4. The van der Waals surface area contributed by atoms with Crippen molar-refractivity contribution in [2.24, 2.45) is 0 Å². The molecule has 1 fully saturated rings. The van der Waals surface area contributed by atoms with Crippen LogP contribution in [0.2, 0.25) is 0 Å². The average Bonchev–Trinajstić information content (AvgIpc) is 2.56. The molecule has 1 N–H and O–H groups in total. The summed E-state index contributed by atoms with van der Waals surface area (Å²) in [4.78, 5) is 2.27. The van der Waals surface area contributed by atoms with Gasteiger partial charge in [-0.3, -0.25) is 0 Å². The molecular weight excluding hydrogens is 314 g/mol. The first-order valence-corrected chi connectivity index (χ1v) is 8.47. The van der Waals surface area contributed by atoms with Gasteiger partial charge < -0.3 is 10.2 Å². The van der Waals surface area contributed by atoms with E-state index in [1.165, 1.54) is 22.6 Å². The molecule has 0 saturated carbocycles. The molecule has 0 spiro atoms. The van der Waals surface area contributed by atoms with Gasteiger partial charge in [-0.05, 0) is 25.2 Å². The number of nitrogens with one attached hydrogen (secondary N) is 1. The van der Waals surface area contributed by atoms with Crippen molar-refractivity contribution < 1.29 is 8.42 Å². The maximum atomic E-state index is 12.7. The van der Waals surface area contributed by atoms with Crippen molar-refractivity contribution in [2.45, 2.75) is 4.90 Å². The zero-order valence-electron chi connectivity index (χ0n) is 12.7. The number of sulfonamides is 1. The first kappa shape index (κ1) is 17.0. The van der Waals surface area contributed by atoms with Gasteiger partial charge in [0.1, 0.15) is 17.7 Å². The van der Waals surface area contributed by atoms with Crippen LogP contribution < -0.4 is 5.32 Å². The van der Waals surface area contributed by atoms with Crippen LogP contribution in [0.1, 0.15) is 0 Å². The third-order valence-electron chi connectivity index (χ3n) is 3.56. The van der Waals surface area contributed by atoms with E-state index in [4.69, 9.17) is 10.5 Å². The van der Waals surface area contributed by atoms with Crippen LogP contribution in [-0.4, -0.2) is 50.8 Å². The molecule has 0 aromatic heterocycles. The molecule has 0 atom stereocenters. The first-order valence-electron chi connectivity index (χ1n) is 7.03. The van der Waals surface area contributed by atoms with Gasteiger partial charge in [-0.1, -0.05) is 6.07 Å². The third kappa shape index (κ3) is 4.08. The number of allylic oxidation sites excluding steroid dienone is 1. The summed E-state index contributed by atoms with van der Waals surface area (Å²) in [6, 6.07) is 9.79. The Balaban J connectivity index is 2.21. The molecule has 0 radical (unpaired) electrons. The number of hydrogen-bond acceptors (Lipinski definition) is 6. The number of anilines is 1. The van der Waals surface area contributed by atoms with Crippen LogP contribution in [0.25, 0.3) is 0 Å². The predicted octanol–water partition coefficient (Wildman–Crippen LogP) is 0.966. The summed E-state index contributed by atoms with van der Waals surface area (Å²) in [6.07, 6.45) is 1.25. The lowest BCUT2D eigenvalue weighted by Crippen LogP contribution is -2.47. The highest BCUT2D eigenvalue weighted by atomic mass is 32.2. The van der Waals surface area contributed by atoms with E-state index in [0.29, 0.717) is 31.9 Å². The highest BCUT2D eigenvalue weighted by molar-refractivity contribution is 7.89. The summed E-state index contributed by atoms with van der Waals surface area (Å²) < 4.78 is 26.8. The zero-order chi connectivity index (χ0) is 16.9. The van der Waals surface area contributed by atoms with Crippen LogP contribution in [0, 0.1) is 22.7 Å². The molecular formula is C15H17N5O2S. The maximum Gasteiger partial charge on any atom is 0.243 e. The summed E-state index contributed by atoms with van der Waals surface area (Å²) in [5.41, 5.74) is 0.417. The molecule has 1 aromatic rings. The standard InChI is InChI=1S/C15H17N5O2S/c1-19-5-7-20(8-6-19)23(21,22)15-4-2-3-14(9-15)18-12-13(10-16)11-17/h2-4,9,12,18H,5-8H2,1H3. The summed E-state index contributed by atoms with van der Waals surface area (Å²) in [5.74, 6) is 0. The van der Waals surface area contributed by atoms with Crippen LogP contribution in [0.4, 0.5) is 5.69 Å². The fraction of sp³-hybridized carbons (Fsp3) is 0.333. The van der Waals surface area contributed by atoms with Gasteiger partial charge in [-0.2, -0.15) is 14.8 Å². The largest absolute Gasteiger partial charge is 0.360 e. The van der Waals surface area contributed by atoms with E-state index in [2.05, 4.69) is 10.2 Å². The molecule has 8 heteroatoms. The fourth-order valence-corrected chi connectivity index (χ4v) is 3.64. The summed E-state index contributed by atoms with van der Waals surface area (Å²) >= 11 is 0. The van der Waals surface area contributed by atoms with E-state index in [-0.39, 0.29) is 10.5 Å². The lowest BCUT2D eigenvalue weighted by Gasteiger charge is -2.31. The highest BCUT2D eigenvalue weighted by Gasteiger charge is 2.27. The van der Waals surface area contributed by atoms with Gasteiger partial charge in [0.25, 0.3) is 0 Å². The smallest absolute Gasteiger partial charge is 0.243 e. The van der Waals surface area contributed by atoms with Crippen molar-refractivity contribution in [1.82, 2.24) is 9.21 Å². The molecule has 1 saturated heterocycles. The first-order chi connectivity index (χ1) is 11.0. The van der Waals surface area contributed by atoms with Crippen molar-refractivity contribution in [1.29, 1.82) is 10.5 Å². The molecule has 0 aliphatic carbocycles. The second-order valence-corrected chi connectivity index (χ2v) is 7.10. The molecule has 0 unspecified atom stereocenters. The monoisotopic (exact) mass is 331 g/mol. The lowest BCUT2D eigenvalue weighted by atomic mass is 10.3. The Morgan fingerprint density at radius 3 is 2.48 bits per heavy atom. The van der Waals surface area contributed by atoms with E-state index < -0.39 is 10.0 Å². The molecule has 1 aliphatic heterocycles. The van der Waals surface area contributed by atoms with Crippen LogP contribution in [0.5, 0.6) is 0 Å². The molecule has 1 aromatic carbocycles. The van der Waals surface area contributed by atoms with E-state index in [1.54, 1.807) is 24.3 Å². The predicted molar refractivity (Wildman–Crippen MR) is 85.6 cm³/mol. The second-order valence-electron chi connectivity index (χ2n) is 5.16. The minimum atomic E-state index is -3.54. The third-order valence-corrected chi connectivity index (χ3v) is 5.45. The van der Waals surface area contributed by atoms with Crippen molar-refractivity contribution in [3.8, 4) is 12.1 Å². The number of piperazine rings is 1. The van der Waals surface area contributed by atoms with E-state index >= 15 is 0 Å². The lowest BCUT2D eigenvalue weighted by molar-refractivity contribution is 0.222. The Hall–Kier alpha value is -2.39. The number of nitriles is 2. The Morgan fingerprint density at radius 1 is 1.22 bits per heavy atom. The van der Waals surface area contributed by atoms with Crippen molar-refractivity contribution in [3.63, 3.8) is 0 Å². The van der Waals surface area contributed by atoms with Gasteiger partial charge in [0, 0.05) is 38.1 Å². The molecule has 7 nitrogen and oxygen atoms in total. The minimum absolute atomic E-state index is 0.0858. The minimum Gasteiger partial charge on any atom is -0.360 e. The van der Waals surface area contributed by atoms with Gasteiger partial charge >= 0.3 is 0 Å². The van der Waals surface area contributed by atoms with Crippen molar-refractivity contribution in [2.75, 3.05) is 38.5 Å². The summed E-state index contributed by atoms with van der Waals surface area (Å²) in [5, 5.41) is 20.2. The highest BCUT2D eigenvalue weighted by Crippen LogP contribution is 2.20. The van der Waals surface area contributed by atoms with Crippen molar-refractivity contribution >= 4 is 15.7 Å². The Morgan fingerprint density at radius 2 is 1.87 bits per heavy atom. The molecule has 2 rings (SSSR count). The van der Waals surface area contributed by atoms with Crippen LogP contribution in [-0.2, 0) is 10.0 Å². The Kier molecular flexibility index (Phi) is 5.35. The maximum absolute atomic E-state index is 12.7. The Bertz CT molecular complexity index is 765. The SMILES string of the molecule is CN1CCN(S(=O)(=O)c2cccc(NC=C(C#N)C#N)c2)CC1. The Labute approximate surface area is 136 Å². The quantitative estimate of drug-likeness (QED) is 0.825. The second kappa shape index (κ2) is 7.25. The molecule has 0 amide bonds. The number of hydrogen-bond donors (Lipinski definition) is 1. The van der Waals surface area contributed by atoms with Crippen LogP contribution in [0.15, 0.2) is 40.9 Å². The van der Waals surface area contributed by atoms with E-state index in [9.17, 15) is 8.42 Å². The topological polar surface area (TPSA) is 100 Å². The molecule has 1 aliphatic rings. The molecule has 1 heterocycles. The molecule has 120 valence electrons. The fourth-order valence-electron chi connectivity index (χ4n) is 2.17. The van der Waals surface area contributed by atoms with Crippen LogP contribution >= 0.6 is 0 Å². The van der Waals surface area contributed by atoms with Crippen molar-refractivity contribution in [3.05, 3.63) is 36.0 Å². The number of likely N-dealkylation sites (N-methyl/N-ethyl adjacent to an activating group) is 1. The normalized spacial score (nSPS) is 16.1. The van der Waals surface area contributed by atoms with Crippen LogP contribution in [0.3, 0.4) is 0 Å². The molecule has 23 heavy (non-hydrogen) atoms. The average molecular weight is 331 g/mol. The van der Waals surface area contributed by atoms with Gasteiger partial charge in [-0.25, -0.2) is 8.42 Å². The van der Waals surface area contributed by atoms with Gasteiger partial charge in [-0.15, -0.1) is 0 Å². The summed E-state index contributed by atoms with van der Waals surface area (Å²) in [7, 11) is -1.58. The van der Waals surface area contributed by atoms with Gasteiger partial charge in [0.15, 0.2) is 0 Å². The summed E-state index contributed by atoms with van der Waals surface area (Å²) in [6.45, 7) is 2.33. The van der Waals surface area contributed by atoms with Gasteiger partial charge in [0.05, 0.1) is 4.90 Å². The number of benzene rings is 1. The van der Waals surface area contributed by atoms with E-state index in [1.807, 2.05) is 7.05 Å². The number of nitrogens with zero attached hydrogens (tertiary/aromatic N) is 4. The zero-order valence-corrected chi connectivity index (χ0v) is 13.5. The van der Waals surface area contributed by atoms with Gasteiger partial charge in [0.2, 0.25) is 10.0 Å². The van der Waals surface area contributed by atoms with E-state index in [0.717, 1.165) is 0 Å². The molecule has 0 bridgehead atoms.